The van der Waals surface area contributed by atoms with Crippen LogP contribution in [0.5, 0.6) is 0 Å². The van der Waals surface area contributed by atoms with Crippen LogP contribution in [0.25, 0.3) is 0 Å². The number of phosphoric acid groups is 1. The van der Waals surface area contributed by atoms with E-state index in [4.69, 9.17) is 13.8 Å². The van der Waals surface area contributed by atoms with Crippen molar-refractivity contribution in [3.05, 3.63) is 97.2 Å². The molecule has 0 aliphatic rings. The van der Waals surface area contributed by atoms with Crippen LogP contribution in [0.1, 0.15) is 245 Å². The Morgan fingerprint density at radius 1 is 0.486 bits per heavy atom. The molecule has 0 aromatic carbocycles. The van der Waals surface area contributed by atoms with Gasteiger partial charge in [0.15, 0.2) is 0 Å². The average Bonchev–Trinajstić information content (AvgIpc) is 3.36. The third-order valence-corrected chi connectivity index (χ3v) is 13.7. The summed E-state index contributed by atoms with van der Waals surface area (Å²) in [5.74, 6) is -0.578. The van der Waals surface area contributed by atoms with Gasteiger partial charge in [0.05, 0.1) is 33.8 Å². The molecule has 0 bridgehead atoms. The first kappa shape index (κ1) is 70.9. The van der Waals surface area contributed by atoms with E-state index in [9.17, 15) is 19.0 Å². The number of amides is 1. The topological polar surface area (TPSA) is 111 Å². The number of hydrogen-bond acceptors (Lipinski definition) is 6. The minimum absolute atomic E-state index is 0.0251. The molecular weight excluding hydrogens is 940 g/mol. The van der Waals surface area contributed by atoms with E-state index < -0.39 is 20.0 Å². The standard InChI is InChI=1S/C64H113N2O7P/c1-7-10-13-16-19-22-25-28-30-31-32-33-34-35-36-38-41-44-47-50-53-56-63(67)65-61(60-72-74(69,70)71-59-58-66(4,5)6)62(55-52-49-46-43-40-37-27-24-21-18-15-12-9-3)73-64(68)57-54-51-48-45-42-39-29-26-23-20-17-14-11-8-2/h10,13,19,22,28,30,32-33,35-36,39,41-42,44,52,55,61-62H,7-9,11-12,14-18,20-21,23-27,29,31,34,37-38,40,43,45-51,53-54,56-60H2,1-6H3,(H-,65,67,69,70)/p+1/b13-10-,22-19-,30-28-,33-32-,36-35-,42-39-,44-41-,55-52-. The van der Waals surface area contributed by atoms with Gasteiger partial charge in [0.25, 0.3) is 0 Å². The van der Waals surface area contributed by atoms with Gasteiger partial charge in [-0.15, -0.1) is 0 Å². The lowest BCUT2D eigenvalue weighted by atomic mass is 10.0. The molecule has 0 fully saturated rings. The lowest BCUT2D eigenvalue weighted by molar-refractivity contribution is -0.870. The Balaban J connectivity index is 5.42. The van der Waals surface area contributed by atoms with E-state index in [1.165, 1.54) is 103 Å². The summed E-state index contributed by atoms with van der Waals surface area (Å²) < 4.78 is 30.6. The predicted molar refractivity (Wildman–Crippen MR) is 318 cm³/mol. The number of hydrogen-bond donors (Lipinski definition) is 2. The SMILES string of the molecule is CC/C=C\C/C=C\C/C=C\C/C=C\C/C=C\C/C=C\CCCCC(=O)NC(COP(=O)(O)OCC[N+](C)(C)C)C(/C=C\CCCCCCCCCCCCC)OC(=O)CCCCC/C=C\CCCCCCCCC. The molecule has 3 atom stereocenters. The largest absolute Gasteiger partial charge is 0.472 e. The summed E-state index contributed by atoms with van der Waals surface area (Å²) in [6.45, 7) is 6.84. The minimum atomic E-state index is -4.47. The maximum atomic E-state index is 13.5. The maximum Gasteiger partial charge on any atom is 0.472 e. The van der Waals surface area contributed by atoms with Crippen LogP contribution in [-0.2, 0) is 27.9 Å². The van der Waals surface area contributed by atoms with Crippen LogP contribution in [0.15, 0.2) is 97.2 Å². The molecule has 0 heterocycles. The lowest BCUT2D eigenvalue weighted by Crippen LogP contribution is -2.47. The molecule has 0 aromatic heterocycles. The smallest absolute Gasteiger partial charge is 0.456 e. The first-order chi connectivity index (χ1) is 35.9. The molecule has 0 aromatic rings. The molecule has 0 radical (unpaired) electrons. The molecule has 0 spiro atoms. The maximum absolute atomic E-state index is 13.5. The highest BCUT2D eigenvalue weighted by Gasteiger charge is 2.30. The summed E-state index contributed by atoms with van der Waals surface area (Å²) in [7, 11) is 1.45. The van der Waals surface area contributed by atoms with Crippen molar-refractivity contribution in [1.29, 1.82) is 0 Å². The summed E-state index contributed by atoms with van der Waals surface area (Å²) in [4.78, 5) is 37.6. The van der Waals surface area contributed by atoms with Gasteiger partial charge in [-0.05, 0) is 109 Å². The molecule has 3 unspecified atom stereocenters. The molecule has 10 heteroatoms. The second-order valence-corrected chi connectivity index (χ2v) is 22.6. The van der Waals surface area contributed by atoms with Gasteiger partial charge in [-0.25, -0.2) is 4.57 Å². The van der Waals surface area contributed by atoms with Crippen LogP contribution in [0, 0.1) is 0 Å². The van der Waals surface area contributed by atoms with Crippen molar-refractivity contribution in [2.45, 2.75) is 258 Å². The highest BCUT2D eigenvalue weighted by Crippen LogP contribution is 2.43. The molecule has 0 rings (SSSR count). The van der Waals surface area contributed by atoms with Crippen molar-refractivity contribution >= 4 is 19.7 Å². The van der Waals surface area contributed by atoms with Crippen molar-refractivity contribution in [2.75, 3.05) is 40.9 Å². The van der Waals surface area contributed by atoms with Crippen LogP contribution in [0.3, 0.4) is 0 Å². The van der Waals surface area contributed by atoms with Crippen LogP contribution in [0.2, 0.25) is 0 Å². The molecule has 74 heavy (non-hydrogen) atoms. The Labute approximate surface area is 456 Å². The molecule has 0 saturated heterocycles. The van der Waals surface area contributed by atoms with Crippen molar-refractivity contribution in [1.82, 2.24) is 5.32 Å². The van der Waals surface area contributed by atoms with Crippen molar-refractivity contribution in [3.8, 4) is 0 Å². The number of unbranched alkanes of at least 4 members (excludes halogenated alkanes) is 23. The van der Waals surface area contributed by atoms with Crippen LogP contribution in [0.4, 0.5) is 0 Å². The van der Waals surface area contributed by atoms with Crippen LogP contribution in [-0.4, -0.2) is 74.3 Å². The van der Waals surface area contributed by atoms with Gasteiger partial charge >= 0.3 is 13.8 Å². The highest BCUT2D eigenvalue weighted by molar-refractivity contribution is 7.47. The predicted octanol–water partition coefficient (Wildman–Crippen LogP) is 18.4. The molecular formula is C64H114N2O7P+. The monoisotopic (exact) mass is 1050 g/mol. The number of rotatable bonds is 53. The second kappa shape index (κ2) is 53.3. The summed E-state index contributed by atoms with van der Waals surface area (Å²) in [5, 5.41) is 3.02. The summed E-state index contributed by atoms with van der Waals surface area (Å²) in [5.41, 5.74) is 0. The zero-order chi connectivity index (χ0) is 54.3. The Kier molecular flexibility index (Phi) is 51.1. The first-order valence-corrected chi connectivity index (χ1v) is 31.6. The zero-order valence-electron chi connectivity index (χ0n) is 48.6. The number of carbonyl (C=O) groups is 2. The van der Waals surface area contributed by atoms with Gasteiger partial charge in [-0.2, -0.15) is 0 Å². The van der Waals surface area contributed by atoms with Crippen molar-refractivity contribution < 1.29 is 37.3 Å². The van der Waals surface area contributed by atoms with Gasteiger partial charge in [0.2, 0.25) is 5.91 Å². The fraction of sp³-hybridized carbons (Fsp3) is 0.719. The molecule has 1 amide bonds. The number of phosphoric ester groups is 1. The second-order valence-electron chi connectivity index (χ2n) is 21.1. The fourth-order valence-corrected chi connectivity index (χ4v) is 8.85. The Morgan fingerprint density at radius 3 is 1.32 bits per heavy atom. The Bertz CT molecular complexity index is 1590. The van der Waals surface area contributed by atoms with E-state index >= 15 is 0 Å². The number of carbonyl (C=O) groups excluding carboxylic acids is 2. The van der Waals surface area contributed by atoms with E-state index in [0.29, 0.717) is 23.9 Å². The molecule has 0 aliphatic heterocycles. The van der Waals surface area contributed by atoms with Crippen LogP contribution >= 0.6 is 7.82 Å². The van der Waals surface area contributed by atoms with E-state index in [1.807, 2.05) is 33.3 Å². The summed E-state index contributed by atoms with van der Waals surface area (Å²) >= 11 is 0. The van der Waals surface area contributed by atoms with E-state index in [1.54, 1.807) is 0 Å². The molecule has 426 valence electrons. The molecule has 2 N–H and O–H groups in total. The van der Waals surface area contributed by atoms with Gasteiger partial charge in [-0.3, -0.25) is 18.6 Å². The van der Waals surface area contributed by atoms with Gasteiger partial charge in [0, 0.05) is 12.8 Å². The Hall–Kier alpha value is -3.07. The fourth-order valence-electron chi connectivity index (χ4n) is 8.11. The quantitative estimate of drug-likeness (QED) is 0.0205. The number of ether oxygens (including phenoxy) is 1. The van der Waals surface area contributed by atoms with Crippen molar-refractivity contribution in [3.63, 3.8) is 0 Å². The number of nitrogens with zero attached hydrogens (tertiary/aromatic N) is 1. The number of likely N-dealkylation sites (N-methyl/N-ethyl adjacent to an activating group) is 1. The minimum Gasteiger partial charge on any atom is -0.456 e. The lowest BCUT2D eigenvalue weighted by Gasteiger charge is -2.27. The summed E-state index contributed by atoms with van der Waals surface area (Å²) in [6, 6.07) is -0.882. The zero-order valence-corrected chi connectivity index (χ0v) is 49.4. The first-order valence-electron chi connectivity index (χ1n) is 30.1. The van der Waals surface area contributed by atoms with E-state index in [-0.39, 0.29) is 37.9 Å². The normalized spacial score (nSPS) is 14.4. The van der Waals surface area contributed by atoms with Gasteiger partial charge in [0.1, 0.15) is 19.3 Å². The van der Waals surface area contributed by atoms with Gasteiger partial charge < -0.3 is 19.4 Å². The number of allylic oxidation sites excluding steroid dienone is 15. The molecule has 9 nitrogen and oxygen atoms in total. The van der Waals surface area contributed by atoms with E-state index in [2.05, 4.69) is 111 Å². The average molecular weight is 1050 g/mol. The number of nitrogens with one attached hydrogen (secondary N) is 1. The van der Waals surface area contributed by atoms with E-state index in [0.717, 1.165) is 96.3 Å². The van der Waals surface area contributed by atoms with Gasteiger partial charge in [-0.1, -0.05) is 221 Å². The highest BCUT2D eigenvalue weighted by atomic mass is 31.2. The Morgan fingerprint density at radius 2 is 0.865 bits per heavy atom. The molecule has 0 saturated carbocycles. The number of quaternary nitrogens is 1. The van der Waals surface area contributed by atoms with Crippen molar-refractivity contribution in [2.24, 2.45) is 0 Å². The summed E-state index contributed by atoms with van der Waals surface area (Å²) in [6.07, 6.45) is 71.2. The third kappa shape index (κ3) is 53.7. The number of esters is 1. The molecule has 0 aliphatic carbocycles. The third-order valence-electron chi connectivity index (χ3n) is 12.8. The van der Waals surface area contributed by atoms with Crippen LogP contribution < -0.4 is 5.32 Å².